The monoisotopic (exact) mass is 312 g/mol. The van der Waals surface area contributed by atoms with E-state index in [1.807, 2.05) is 29.2 Å². The number of ether oxygens (including phenoxy) is 1. The molecule has 118 valence electrons. The van der Waals surface area contributed by atoms with Gasteiger partial charge in [0.05, 0.1) is 0 Å². The number of benzene rings is 1. The Bertz CT molecular complexity index is 436. The summed E-state index contributed by atoms with van der Waals surface area (Å²) in [6.45, 7) is 3.56. The Kier molecular flexibility index (Phi) is 7.54. The molecule has 1 heterocycles. The van der Waals surface area contributed by atoms with Gasteiger partial charge >= 0.3 is 0 Å². The molecule has 0 radical (unpaired) electrons. The molecular formula is C16H25ClN2O2. The summed E-state index contributed by atoms with van der Waals surface area (Å²) in [5, 5.41) is 0. The van der Waals surface area contributed by atoms with E-state index in [0.717, 1.165) is 38.0 Å². The molecule has 0 aliphatic carbocycles. The fourth-order valence-corrected chi connectivity index (χ4v) is 2.62. The number of piperidine rings is 1. The van der Waals surface area contributed by atoms with Gasteiger partial charge in [-0.15, -0.1) is 12.4 Å². The molecule has 21 heavy (non-hydrogen) atoms. The third-order valence-corrected chi connectivity index (χ3v) is 3.91. The number of halogens is 1. The predicted octanol–water partition coefficient (Wildman–Crippen LogP) is 2.39. The van der Waals surface area contributed by atoms with E-state index in [4.69, 9.17) is 10.5 Å². The minimum absolute atomic E-state index is 0. The lowest BCUT2D eigenvalue weighted by Gasteiger charge is -2.34. The second kappa shape index (κ2) is 8.90. The van der Waals surface area contributed by atoms with Crippen LogP contribution in [0.15, 0.2) is 24.3 Å². The highest BCUT2D eigenvalue weighted by Gasteiger charge is 2.25. The Morgan fingerprint density at radius 3 is 2.67 bits per heavy atom. The van der Waals surface area contributed by atoms with Crippen LogP contribution < -0.4 is 10.5 Å². The van der Waals surface area contributed by atoms with Crippen LogP contribution in [0.5, 0.6) is 5.75 Å². The third-order valence-electron chi connectivity index (χ3n) is 3.91. The van der Waals surface area contributed by atoms with E-state index in [1.54, 1.807) is 0 Å². The number of carbonyl (C=O) groups is 1. The number of hydrogen-bond donors (Lipinski definition) is 1. The van der Waals surface area contributed by atoms with Gasteiger partial charge in [-0.1, -0.05) is 19.1 Å². The van der Waals surface area contributed by atoms with E-state index in [0.29, 0.717) is 6.54 Å². The van der Waals surface area contributed by atoms with Gasteiger partial charge in [0.2, 0.25) is 0 Å². The first-order valence-corrected chi connectivity index (χ1v) is 7.46. The number of nitrogens with zero attached hydrogens (tertiary/aromatic N) is 1. The van der Waals surface area contributed by atoms with Crippen LogP contribution in [0, 0.1) is 0 Å². The quantitative estimate of drug-likeness (QED) is 0.908. The third kappa shape index (κ3) is 4.90. The van der Waals surface area contributed by atoms with Crippen molar-refractivity contribution in [1.82, 2.24) is 4.90 Å². The highest BCUT2D eigenvalue weighted by atomic mass is 35.5. The van der Waals surface area contributed by atoms with Gasteiger partial charge in [-0.3, -0.25) is 4.79 Å². The first-order chi connectivity index (χ1) is 9.74. The number of amides is 1. The maximum Gasteiger partial charge on any atom is 0.260 e. The van der Waals surface area contributed by atoms with E-state index in [9.17, 15) is 4.79 Å². The van der Waals surface area contributed by atoms with E-state index < -0.39 is 0 Å². The average molecular weight is 313 g/mol. The summed E-state index contributed by atoms with van der Waals surface area (Å²) in [6, 6.07) is 8.08. The fraction of sp³-hybridized carbons (Fsp3) is 0.562. The lowest BCUT2D eigenvalue weighted by Crippen LogP contribution is -2.49. The van der Waals surface area contributed by atoms with Crippen LogP contribution >= 0.6 is 12.4 Å². The molecule has 1 aliphatic heterocycles. The van der Waals surface area contributed by atoms with Gasteiger partial charge < -0.3 is 15.4 Å². The van der Waals surface area contributed by atoms with Crippen LogP contribution in [0.4, 0.5) is 0 Å². The second-order valence-electron chi connectivity index (χ2n) is 5.26. The maximum atomic E-state index is 12.2. The van der Waals surface area contributed by atoms with Crippen LogP contribution in [0.1, 0.15) is 31.7 Å². The van der Waals surface area contributed by atoms with Gasteiger partial charge in [0.1, 0.15) is 5.75 Å². The number of carbonyl (C=O) groups excluding carboxylic acids is 1. The molecule has 0 spiro atoms. The molecule has 0 aromatic heterocycles. The van der Waals surface area contributed by atoms with Crippen molar-refractivity contribution in [2.75, 3.05) is 19.7 Å². The smallest absolute Gasteiger partial charge is 0.260 e. The molecule has 1 fully saturated rings. The number of hydrogen-bond acceptors (Lipinski definition) is 3. The molecule has 1 aromatic rings. The molecule has 1 aliphatic rings. The molecule has 1 aromatic carbocycles. The second-order valence-corrected chi connectivity index (χ2v) is 5.26. The highest BCUT2D eigenvalue weighted by Crippen LogP contribution is 2.17. The Balaban J connectivity index is 0.00000220. The van der Waals surface area contributed by atoms with Crippen LogP contribution in [0.2, 0.25) is 0 Å². The molecule has 2 rings (SSSR count). The topological polar surface area (TPSA) is 55.6 Å². The van der Waals surface area contributed by atoms with E-state index >= 15 is 0 Å². The molecule has 0 bridgehead atoms. The Morgan fingerprint density at radius 1 is 1.33 bits per heavy atom. The lowest BCUT2D eigenvalue weighted by atomic mass is 10.0. The van der Waals surface area contributed by atoms with Crippen molar-refractivity contribution in [3.8, 4) is 5.75 Å². The molecule has 2 N–H and O–H groups in total. The summed E-state index contributed by atoms with van der Waals surface area (Å²) in [5.74, 6) is 0.788. The van der Waals surface area contributed by atoms with Gasteiger partial charge in [-0.2, -0.15) is 0 Å². The van der Waals surface area contributed by atoms with Crippen molar-refractivity contribution in [2.45, 2.75) is 38.6 Å². The summed E-state index contributed by atoms with van der Waals surface area (Å²) in [7, 11) is 0. The fourth-order valence-electron chi connectivity index (χ4n) is 2.62. The maximum absolute atomic E-state index is 12.2. The first kappa shape index (κ1) is 17.8. The first-order valence-electron chi connectivity index (χ1n) is 7.46. The van der Waals surface area contributed by atoms with Crippen LogP contribution in [-0.4, -0.2) is 36.5 Å². The molecule has 1 atom stereocenters. The molecule has 5 heteroatoms. The van der Waals surface area contributed by atoms with Crippen molar-refractivity contribution in [1.29, 1.82) is 0 Å². The van der Waals surface area contributed by atoms with Crippen molar-refractivity contribution in [3.63, 3.8) is 0 Å². The average Bonchev–Trinajstić information content (AvgIpc) is 2.53. The predicted molar refractivity (Wildman–Crippen MR) is 87.0 cm³/mol. The Hall–Kier alpha value is -1.26. The Labute approximate surface area is 133 Å². The number of rotatable bonds is 5. The molecule has 1 saturated heterocycles. The molecule has 1 unspecified atom stereocenters. The van der Waals surface area contributed by atoms with Crippen molar-refractivity contribution in [3.05, 3.63) is 29.8 Å². The molecule has 4 nitrogen and oxygen atoms in total. The largest absolute Gasteiger partial charge is 0.484 e. The van der Waals surface area contributed by atoms with Gasteiger partial charge in [-0.05, 0) is 43.4 Å². The number of aryl methyl sites for hydroxylation is 1. The van der Waals surface area contributed by atoms with E-state index in [1.165, 1.54) is 5.56 Å². The van der Waals surface area contributed by atoms with Gasteiger partial charge in [0.25, 0.3) is 5.91 Å². The SMILES string of the molecule is CCc1ccc(OCC(=O)N2CCCCC2CN)cc1.Cl. The molecular weight excluding hydrogens is 288 g/mol. The van der Waals surface area contributed by atoms with Crippen LogP contribution in [0.3, 0.4) is 0 Å². The van der Waals surface area contributed by atoms with Crippen molar-refractivity contribution >= 4 is 18.3 Å². The molecule has 1 amide bonds. The summed E-state index contributed by atoms with van der Waals surface area (Å²) in [4.78, 5) is 14.1. The highest BCUT2D eigenvalue weighted by molar-refractivity contribution is 5.85. The minimum Gasteiger partial charge on any atom is -0.484 e. The zero-order valence-corrected chi connectivity index (χ0v) is 13.4. The molecule has 0 saturated carbocycles. The van der Waals surface area contributed by atoms with Crippen molar-refractivity contribution < 1.29 is 9.53 Å². The minimum atomic E-state index is 0. The zero-order valence-electron chi connectivity index (χ0n) is 12.6. The van der Waals surface area contributed by atoms with Gasteiger partial charge in [0, 0.05) is 19.1 Å². The summed E-state index contributed by atoms with van der Waals surface area (Å²) in [5.41, 5.74) is 7.00. The number of nitrogens with two attached hydrogens (primary N) is 1. The van der Waals surface area contributed by atoms with Gasteiger partial charge in [0.15, 0.2) is 6.61 Å². The van der Waals surface area contributed by atoms with Crippen LogP contribution in [-0.2, 0) is 11.2 Å². The zero-order chi connectivity index (χ0) is 14.4. The normalized spacial score (nSPS) is 18.0. The standard InChI is InChI=1S/C16H24N2O2.ClH/c1-2-13-6-8-15(9-7-13)20-12-16(19)18-10-4-3-5-14(18)11-17;/h6-9,14H,2-5,10-12,17H2,1H3;1H. The van der Waals surface area contributed by atoms with Gasteiger partial charge in [-0.25, -0.2) is 0 Å². The summed E-state index contributed by atoms with van der Waals surface area (Å²) >= 11 is 0. The summed E-state index contributed by atoms with van der Waals surface area (Å²) in [6.07, 6.45) is 4.23. The van der Waals surface area contributed by atoms with Crippen LogP contribution in [0.25, 0.3) is 0 Å². The lowest BCUT2D eigenvalue weighted by molar-refractivity contribution is -0.136. The number of likely N-dealkylation sites (tertiary alicyclic amines) is 1. The van der Waals surface area contributed by atoms with E-state index in [2.05, 4.69) is 6.92 Å². The van der Waals surface area contributed by atoms with E-state index in [-0.39, 0.29) is 31.0 Å². The summed E-state index contributed by atoms with van der Waals surface area (Å²) < 4.78 is 5.58. The van der Waals surface area contributed by atoms with Crippen molar-refractivity contribution in [2.24, 2.45) is 5.73 Å². The Morgan fingerprint density at radius 2 is 2.05 bits per heavy atom.